The molecule has 0 radical (unpaired) electrons. The lowest BCUT2D eigenvalue weighted by molar-refractivity contribution is 0.102. The third-order valence-corrected chi connectivity index (χ3v) is 4.76. The smallest absolute Gasteiger partial charge is 0.115 e. The Labute approximate surface area is 169 Å². The van der Waals surface area contributed by atoms with E-state index in [-0.39, 0.29) is 24.8 Å². The monoisotopic (exact) mass is 394 g/mol. The first kappa shape index (κ1) is 22.5. The van der Waals surface area contributed by atoms with Crippen LogP contribution in [0.25, 0.3) is 0 Å². The summed E-state index contributed by atoms with van der Waals surface area (Å²) >= 11 is 0. The summed E-state index contributed by atoms with van der Waals surface area (Å²) in [5, 5.41) is 9.77. The van der Waals surface area contributed by atoms with Crippen LogP contribution in [0.5, 0.6) is 5.75 Å². The summed E-state index contributed by atoms with van der Waals surface area (Å²) in [5.41, 5.74) is 2.52. The van der Waals surface area contributed by atoms with Crippen LogP contribution in [0.3, 0.4) is 0 Å². The van der Waals surface area contributed by atoms with E-state index in [1.165, 1.54) is 11.1 Å². The molecule has 2 aromatic rings. The van der Waals surface area contributed by atoms with E-state index < -0.39 is 0 Å². The number of hydrogen-bond donors (Lipinski definition) is 1. The van der Waals surface area contributed by atoms with Crippen molar-refractivity contribution in [1.82, 2.24) is 9.80 Å². The van der Waals surface area contributed by atoms with Crippen LogP contribution in [-0.4, -0.2) is 47.6 Å². The Kier molecular flexibility index (Phi) is 9.74. The van der Waals surface area contributed by atoms with Gasteiger partial charge in [0.15, 0.2) is 0 Å². The molecule has 1 atom stereocenters. The molecule has 0 aromatic heterocycles. The van der Waals surface area contributed by atoms with Gasteiger partial charge in [-0.3, -0.25) is 9.80 Å². The molecule has 3 rings (SSSR count). The standard InChI is InChI=1S/C21H26N2O.2ClH/c1-2-11-22-12-14-23(15-13-22)21(19-8-4-3-5-9-19)17-18-7-6-10-20(24)16-18;;/h2-10,16,21,24H,1,11-15,17H2;2*1H. The molecule has 1 heterocycles. The predicted octanol–water partition coefficient (Wildman–Crippen LogP) is 4.32. The lowest BCUT2D eigenvalue weighted by Crippen LogP contribution is -2.47. The Morgan fingerprint density at radius 1 is 0.962 bits per heavy atom. The van der Waals surface area contributed by atoms with Gasteiger partial charge in [-0.25, -0.2) is 0 Å². The molecule has 0 spiro atoms. The average Bonchev–Trinajstić information content (AvgIpc) is 2.62. The molecule has 1 unspecified atom stereocenters. The van der Waals surface area contributed by atoms with Crippen molar-refractivity contribution in [3.63, 3.8) is 0 Å². The zero-order valence-electron chi connectivity index (χ0n) is 15.0. The van der Waals surface area contributed by atoms with Crippen LogP contribution in [0.4, 0.5) is 0 Å². The summed E-state index contributed by atoms with van der Waals surface area (Å²) in [7, 11) is 0. The Morgan fingerprint density at radius 3 is 2.27 bits per heavy atom. The molecule has 1 saturated heterocycles. The molecule has 1 aliphatic heterocycles. The van der Waals surface area contributed by atoms with Gasteiger partial charge in [0.1, 0.15) is 5.75 Å². The second-order valence-corrected chi connectivity index (χ2v) is 6.43. The van der Waals surface area contributed by atoms with Crippen LogP contribution in [0.2, 0.25) is 0 Å². The molecular weight excluding hydrogens is 367 g/mol. The van der Waals surface area contributed by atoms with Gasteiger partial charge in [0.25, 0.3) is 0 Å². The first-order chi connectivity index (χ1) is 11.8. The third-order valence-electron chi connectivity index (χ3n) is 4.76. The Bertz CT molecular complexity index is 658. The number of hydrogen-bond acceptors (Lipinski definition) is 3. The zero-order valence-corrected chi connectivity index (χ0v) is 16.6. The Hall–Kier alpha value is -1.52. The van der Waals surface area contributed by atoms with Crippen LogP contribution >= 0.6 is 24.8 Å². The first-order valence-electron chi connectivity index (χ1n) is 8.66. The molecule has 1 aliphatic rings. The van der Waals surface area contributed by atoms with E-state index in [1.54, 1.807) is 6.07 Å². The van der Waals surface area contributed by atoms with Gasteiger partial charge in [0, 0.05) is 38.8 Å². The normalized spacial score (nSPS) is 16.2. The molecule has 3 nitrogen and oxygen atoms in total. The van der Waals surface area contributed by atoms with Crippen LogP contribution in [0.15, 0.2) is 67.3 Å². The quantitative estimate of drug-likeness (QED) is 0.738. The van der Waals surface area contributed by atoms with E-state index in [2.05, 4.69) is 52.8 Å². The van der Waals surface area contributed by atoms with E-state index in [0.717, 1.165) is 39.1 Å². The molecule has 142 valence electrons. The molecule has 0 bridgehead atoms. The predicted molar refractivity (Wildman–Crippen MR) is 114 cm³/mol. The molecule has 1 fully saturated rings. The average molecular weight is 395 g/mol. The van der Waals surface area contributed by atoms with Gasteiger partial charge in [-0.05, 0) is 29.7 Å². The first-order valence-corrected chi connectivity index (χ1v) is 8.66. The fourth-order valence-electron chi connectivity index (χ4n) is 3.48. The minimum Gasteiger partial charge on any atom is -0.508 e. The summed E-state index contributed by atoms with van der Waals surface area (Å²) in [6, 6.07) is 18.7. The number of nitrogens with zero attached hydrogens (tertiary/aromatic N) is 2. The molecule has 0 amide bonds. The lowest BCUT2D eigenvalue weighted by atomic mass is 9.96. The van der Waals surface area contributed by atoms with Crippen molar-refractivity contribution in [3.8, 4) is 5.75 Å². The zero-order chi connectivity index (χ0) is 16.8. The van der Waals surface area contributed by atoms with Crippen LogP contribution < -0.4 is 0 Å². The van der Waals surface area contributed by atoms with Gasteiger partial charge < -0.3 is 5.11 Å². The van der Waals surface area contributed by atoms with Gasteiger partial charge in [-0.15, -0.1) is 31.4 Å². The minimum absolute atomic E-state index is 0. The number of rotatable bonds is 6. The van der Waals surface area contributed by atoms with Crippen LogP contribution in [-0.2, 0) is 6.42 Å². The van der Waals surface area contributed by atoms with E-state index in [1.807, 2.05) is 18.2 Å². The summed E-state index contributed by atoms with van der Waals surface area (Å²) in [4.78, 5) is 5.01. The fraction of sp³-hybridized carbons (Fsp3) is 0.333. The van der Waals surface area contributed by atoms with Gasteiger partial charge in [0.2, 0.25) is 0 Å². The molecule has 5 heteroatoms. The molecular formula is C21H28Cl2N2O. The van der Waals surface area contributed by atoms with Gasteiger partial charge in [-0.2, -0.15) is 0 Å². The molecule has 1 N–H and O–H groups in total. The number of aromatic hydroxyl groups is 1. The number of phenolic OH excluding ortho intramolecular Hbond substituents is 1. The topological polar surface area (TPSA) is 26.7 Å². The lowest BCUT2D eigenvalue weighted by Gasteiger charge is -2.39. The van der Waals surface area contributed by atoms with E-state index >= 15 is 0 Å². The van der Waals surface area contributed by atoms with Gasteiger partial charge >= 0.3 is 0 Å². The number of benzene rings is 2. The van der Waals surface area contributed by atoms with Crippen molar-refractivity contribution in [2.24, 2.45) is 0 Å². The highest BCUT2D eigenvalue weighted by molar-refractivity contribution is 5.85. The fourth-order valence-corrected chi connectivity index (χ4v) is 3.48. The van der Waals surface area contributed by atoms with Crippen molar-refractivity contribution < 1.29 is 5.11 Å². The van der Waals surface area contributed by atoms with Crippen molar-refractivity contribution in [2.75, 3.05) is 32.7 Å². The summed E-state index contributed by atoms with van der Waals surface area (Å²) < 4.78 is 0. The van der Waals surface area contributed by atoms with Crippen molar-refractivity contribution >= 4 is 24.8 Å². The van der Waals surface area contributed by atoms with Crippen molar-refractivity contribution in [1.29, 1.82) is 0 Å². The minimum atomic E-state index is 0. The number of piperazine rings is 1. The summed E-state index contributed by atoms with van der Waals surface area (Å²) in [6.07, 6.45) is 2.90. The molecule has 2 aromatic carbocycles. The van der Waals surface area contributed by atoms with E-state index in [4.69, 9.17) is 0 Å². The second-order valence-electron chi connectivity index (χ2n) is 6.43. The maximum Gasteiger partial charge on any atom is 0.115 e. The largest absolute Gasteiger partial charge is 0.508 e. The van der Waals surface area contributed by atoms with Crippen molar-refractivity contribution in [2.45, 2.75) is 12.5 Å². The highest BCUT2D eigenvalue weighted by Gasteiger charge is 2.24. The van der Waals surface area contributed by atoms with Crippen LogP contribution in [0.1, 0.15) is 17.2 Å². The Morgan fingerprint density at radius 2 is 1.65 bits per heavy atom. The molecule has 26 heavy (non-hydrogen) atoms. The van der Waals surface area contributed by atoms with E-state index in [0.29, 0.717) is 11.8 Å². The number of halogens is 2. The summed E-state index contributed by atoms with van der Waals surface area (Å²) in [6.45, 7) is 9.09. The highest BCUT2D eigenvalue weighted by atomic mass is 35.5. The van der Waals surface area contributed by atoms with Gasteiger partial charge in [-0.1, -0.05) is 48.5 Å². The maximum atomic E-state index is 9.77. The highest BCUT2D eigenvalue weighted by Crippen LogP contribution is 2.27. The number of phenols is 1. The SMILES string of the molecule is C=CCN1CCN(C(Cc2cccc(O)c2)c2ccccc2)CC1.Cl.Cl. The Balaban J connectivity index is 0.00000169. The molecule has 0 aliphatic carbocycles. The van der Waals surface area contributed by atoms with Crippen LogP contribution in [0, 0.1) is 0 Å². The van der Waals surface area contributed by atoms with Gasteiger partial charge in [0.05, 0.1) is 0 Å². The second kappa shape index (κ2) is 11.2. The van der Waals surface area contributed by atoms with E-state index in [9.17, 15) is 5.11 Å². The maximum absolute atomic E-state index is 9.77. The molecule has 0 saturated carbocycles. The van der Waals surface area contributed by atoms with Crippen molar-refractivity contribution in [3.05, 3.63) is 78.4 Å². The summed E-state index contributed by atoms with van der Waals surface area (Å²) in [5.74, 6) is 0.343. The third kappa shape index (κ3) is 6.03.